The van der Waals surface area contributed by atoms with E-state index in [1.165, 1.54) is 11.1 Å². The van der Waals surface area contributed by atoms with Crippen LogP contribution in [-0.2, 0) is 6.42 Å². The van der Waals surface area contributed by atoms with E-state index in [0.717, 1.165) is 12.8 Å². The van der Waals surface area contributed by atoms with Crippen LogP contribution in [0.5, 0.6) is 0 Å². The molecule has 1 nitrogen and oxygen atoms in total. The third-order valence-electron chi connectivity index (χ3n) is 2.97. The van der Waals surface area contributed by atoms with Gasteiger partial charge in [-0.15, -0.1) is 12.3 Å². The minimum absolute atomic E-state index is 0.252. The second kappa shape index (κ2) is 3.86. The van der Waals surface area contributed by atoms with Crippen molar-refractivity contribution >= 4 is 0 Å². The monoisotopic (exact) mass is 186 g/mol. The lowest BCUT2D eigenvalue weighted by molar-refractivity contribution is 0.148. The quantitative estimate of drug-likeness (QED) is 0.701. The first-order valence-corrected chi connectivity index (χ1v) is 5.02. The van der Waals surface area contributed by atoms with Crippen LogP contribution in [0.1, 0.15) is 29.9 Å². The number of rotatable bonds is 2. The van der Waals surface area contributed by atoms with Crippen LogP contribution in [0.4, 0.5) is 0 Å². The standard InChI is InChI=1S/C13H14O/c1-2-5-13(14)12-9-8-10-6-3-4-7-11(10)12/h1,3-4,6-7,12-14H,5,8-9H2. The SMILES string of the molecule is C#CCC(O)C1CCc2ccccc21. The van der Waals surface area contributed by atoms with Gasteiger partial charge < -0.3 is 5.11 Å². The van der Waals surface area contributed by atoms with E-state index in [1.807, 2.05) is 6.07 Å². The maximum Gasteiger partial charge on any atom is 0.0717 e. The summed E-state index contributed by atoms with van der Waals surface area (Å²) in [7, 11) is 0. The zero-order chi connectivity index (χ0) is 9.97. The molecule has 1 aliphatic rings. The van der Waals surface area contributed by atoms with Crippen molar-refractivity contribution < 1.29 is 5.11 Å². The molecule has 1 aromatic carbocycles. The molecule has 1 heteroatoms. The van der Waals surface area contributed by atoms with E-state index in [9.17, 15) is 5.11 Å². The lowest BCUT2D eigenvalue weighted by Crippen LogP contribution is -2.15. The fourth-order valence-electron chi connectivity index (χ4n) is 2.25. The van der Waals surface area contributed by atoms with E-state index in [1.54, 1.807) is 0 Å². The van der Waals surface area contributed by atoms with Crippen molar-refractivity contribution in [3.63, 3.8) is 0 Å². The molecule has 2 unspecified atom stereocenters. The van der Waals surface area contributed by atoms with Gasteiger partial charge in [-0.25, -0.2) is 0 Å². The fourth-order valence-corrected chi connectivity index (χ4v) is 2.25. The first kappa shape index (κ1) is 9.30. The number of aliphatic hydroxyl groups is 1. The number of hydrogen-bond acceptors (Lipinski definition) is 1. The molecule has 0 amide bonds. The van der Waals surface area contributed by atoms with Crippen molar-refractivity contribution in [2.75, 3.05) is 0 Å². The second-order valence-electron chi connectivity index (χ2n) is 3.82. The molecule has 2 rings (SSSR count). The summed E-state index contributed by atoms with van der Waals surface area (Å²) in [5.74, 6) is 2.78. The Morgan fingerprint density at radius 3 is 3.07 bits per heavy atom. The lowest BCUT2D eigenvalue weighted by Gasteiger charge is -2.16. The molecule has 72 valence electrons. The highest BCUT2D eigenvalue weighted by Crippen LogP contribution is 2.35. The molecule has 0 bridgehead atoms. The summed E-state index contributed by atoms with van der Waals surface area (Å²) in [6.45, 7) is 0. The molecule has 14 heavy (non-hydrogen) atoms. The van der Waals surface area contributed by atoms with Gasteiger partial charge in [-0.2, -0.15) is 0 Å². The Kier molecular flexibility index (Phi) is 2.56. The predicted octanol–water partition coefficient (Wildman–Crippen LogP) is 2.10. The Labute approximate surface area is 84.8 Å². The molecule has 0 saturated carbocycles. The highest BCUT2D eigenvalue weighted by atomic mass is 16.3. The number of aliphatic hydroxyl groups excluding tert-OH is 1. The van der Waals surface area contributed by atoms with Crippen LogP contribution >= 0.6 is 0 Å². The maximum atomic E-state index is 9.85. The molecular formula is C13H14O. The molecule has 0 aromatic heterocycles. The summed E-state index contributed by atoms with van der Waals surface area (Å²) in [6.07, 6.45) is 7.39. The van der Waals surface area contributed by atoms with Gasteiger partial charge in [-0.3, -0.25) is 0 Å². The zero-order valence-electron chi connectivity index (χ0n) is 8.11. The number of aryl methyl sites for hydroxylation is 1. The van der Waals surface area contributed by atoms with Crippen LogP contribution in [0.15, 0.2) is 24.3 Å². The molecule has 1 N–H and O–H groups in total. The molecule has 0 saturated heterocycles. The Morgan fingerprint density at radius 2 is 2.29 bits per heavy atom. The first-order chi connectivity index (χ1) is 6.83. The maximum absolute atomic E-state index is 9.85. The summed E-state index contributed by atoms with van der Waals surface area (Å²) in [5, 5.41) is 9.85. The van der Waals surface area contributed by atoms with Crippen molar-refractivity contribution in [1.29, 1.82) is 0 Å². The highest BCUT2D eigenvalue weighted by Gasteiger charge is 2.27. The van der Waals surface area contributed by atoms with Gasteiger partial charge in [0.2, 0.25) is 0 Å². The van der Waals surface area contributed by atoms with E-state index in [2.05, 4.69) is 24.1 Å². The topological polar surface area (TPSA) is 20.2 Å². The van der Waals surface area contributed by atoms with E-state index in [0.29, 0.717) is 6.42 Å². The lowest BCUT2D eigenvalue weighted by atomic mass is 9.94. The average Bonchev–Trinajstić information content (AvgIpc) is 2.61. The van der Waals surface area contributed by atoms with Crippen LogP contribution in [-0.4, -0.2) is 11.2 Å². The molecule has 0 spiro atoms. The van der Waals surface area contributed by atoms with Gasteiger partial charge in [0.05, 0.1) is 6.10 Å². The van der Waals surface area contributed by atoms with Crippen molar-refractivity contribution in [3.8, 4) is 12.3 Å². The minimum Gasteiger partial charge on any atom is -0.391 e. The molecule has 0 aliphatic heterocycles. The summed E-state index contributed by atoms with van der Waals surface area (Å²) in [5.41, 5.74) is 2.66. The Morgan fingerprint density at radius 1 is 1.50 bits per heavy atom. The van der Waals surface area contributed by atoms with Gasteiger partial charge in [0, 0.05) is 12.3 Å². The zero-order valence-corrected chi connectivity index (χ0v) is 8.11. The van der Waals surface area contributed by atoms with Gasteiger partial charge in [0.25, 0.3) is 0 Å². The smallest absolute Gasteiger partial charge is 0.0717 e. The van der Waals surface area contributed by atoms with Gasteiger partial charge in [-0.05, 0) is 24.0 Å². The third-order valence-corrected chi connectivity index (χ3v) is 2.97. The number of hydrogen-bond donors (Lipinski definition) is 1. The van der Waals surface area contributed by atoms with Crippen molar-refractivity contribution in [2.45, 2.75) is 31.3 Å². The Hall–Kier alpha value is -1.26. The molecule has 1 aromatic rings. The second-order valence-corrected chi connectivity index (χ2v) is 3.82. The van der Waals surface area contributed by atoms with E-state index < -0.39 is 0 Å². The minimum atomic E-state index is -0.372. The van der Waals surface area contributed by atoms with Crippen LogP contribution in [0.2, 0.25) is 0 Å². The summed E-state index contributed by atoms with van der Waals surface area (Å²) in [6, 6.07) is 8.32. The van der Waals surface area contributed by atoms with E-state index in [-0.39, 0.29) is 12.0 Å². The average molecular weight is 186 g/mol. The Balaban J connectivity index is 2.22. The van der Waals surface area contributed by atoms with Crippen LogP contribution in [0.3, 0.4) is 0 Å². The van der Waals surface area contributed by atoms with Crippen LogP contribution in [0.25, 0.3) is 0 Å². The molecule has 2 atom stereocenters. The fraction of sp³-hybridized carbons (Fsp3) is 0.385. The molecule has 1 aliphatic carbocycles. The van der Waals surface area contributed by atoms with Crippen LogP contribution in [0, 0.1) is 12.3 Å². The van der Waals surface area contributed by atoms with Gasteiger partial charge >= 0.3 is 0 Å². The summed E-state index contributed by atoms with van der Waals surface area (Å²) >= 11 is 0. The summed E-state index contributed by atoms with van der Waals surface area (Å²) in [4.78, 5) is 0. The molecule has 0 heterocycles. The molecule has 0 radical (unpaired) electrons. The predicted molar refractivity (Wildman–Crippen MR) is 57.0 cm³/mol. The van der Waals surface area contributed by atoms with E-state index in [4.69, 9.17) is 6.42 Å². The number of fused-ring (bicyclic) bond motifs is 1. The molecule has 0 fully saturated rings. The molecular weight excluding hydrogens is 172 g/mol. The van der Waals surface area contributed by atoms with Gasteiger partial charge in [0.1, 0.15) is 0 Å². The van der Waals surface area contributed by atoms with E-state index >= 15 is 0 Å². The third kappa shape index (κ3) is 1.54. The van der Waals surface area contributed by atoms with Gasteiger partial charge in [0.15, 0.2) is 0 Å². The van der Waals surface area contributed by atoms with Crippen molar-refractivity contribution in [2.24, 2.45) is 0 Å². The van der Waals surface area contributed by atoms with Crippen LogP contribution < -0.4 is 0 Å². The highest BCUT2D eigenvalue weighted by molar-refractivity contribution is 5.35. The number of terminal acetylenes is 1. The van der Waals surface area contributed by atoms with Gasteiger partial charge in [-0.1, -0.05) is 24.3 Å². The number of benzene rings is 1. The normalized spacial score (nSPS) is 21.3. The van der Waals surface area contributed by atoms with Crippen molar-refractivity contribution in [3.05, 3.63) is 35.4 Å². The van der Waals surface area contributed by atoms with Crippen molar-refractivity contribution in [1.82, 2.24) is 0 Å². The first-order valence-electron chi connectivity index (χ1n) is 5.02. The summed E-state index contributed by atoms with van der Waals surface area (Å²) < 4.78 is 0. The Bertz CT molecular complexity index is 362. The largest absolute Gasteiger partial charge is 0.391 e.